The number of fused-ring (bicyclic) bond motifs is 1. The van der Waals surface area contributed by atoms with E-state index in [2.05, 4.69) is 25.6 Å². The first-order valence-electron chi connectivity index (χ1n) is 11.2. The lowest BCUT2D eigenvalue weighted by molar-refractivity contribution is -0.120. The number of carbonyl (C=O) groups is 3. The van der Waals surface area contributed by atoms with Crippen molar-refractivity contribution in [3.63, 3.8) is 0 Å². The first-order chi connectivity index (χ1) is 17.5. The minimum atomic E-state index is -0.795. The highest BCUT2D eigenvalue weighted by atomic mass is 35.5. The van der Waals surface area contributed by atoms with Gasteiger partial charge in [-0.1, -0.05) is 29.8 Å². The fraction of sp³-hybridized carbons (Fsp3) is 0.115. The molecule has 1 aliphatic rings. The second kappa shape index (κ2) is 10.0. The minimum Gasteiger partial charge on any atom is -0.341 e. The number of nitrogens with zero attached hydrogens (tertiary/aromatic N) is 3. The van der Waals surface area contributed by atoms with Crippen molar-refractivity contribution >= 4 is 40.7 Å². The van der Waals surface area contributed by atoms with Crippen molar-refractivity contribution in [3.05, 3.63) is 107 Å². The van der Waals surface area contributed by atoms with Gasteiger partial charge in [-0.3, -0.25) is 19.4 Å². The van der Waals surface area contributed by atoms with Crippen LogP contribution in [0.1, 0.15) is 32.2 Å². The molecule has 0 unspecified atom stereocenters. The van der Waals surface area contributed by atoms with Crippen LogP contribution in [-0.2, 0) is 17.8 Å². The molecule has 3 amide bonds. The van der Waals surface area contributed by atoms with Gasteiger partial charge in [-0.05, 0) is 48.0 Å². The normalized spacial score (nSPS) is 15.1. The Morgan fingerprint density at radius 1 is 1.03 bits per heavy atom. The average molecular weight is 501 g/mol. The molecule has 0 fully saturated rings. The Balaban J connectivity index is 1.42. The van der Waals surface area contributed by atoms with E-state index in [1.807, 2.05) is 12.1 Å². The van der Waals surface area contributed by atoms with Gasteiger partial charge in [0.25, 0.3) is 11.8 Å². The highest BCUT2D eigenvalue weighted by Crippen LogP contribution is 2.29. The van der Waals surface area contributed by atoms with Gasteiger partial charge in [0.05, 0.1) is 11.3 Å². The van der Waals surface area contributed by atoms with Gasteiger partial charge >= 0.3 is 0 Å². The van der Waals surface area contributed by atoms with Gasteiger partial charge in [0, 0.05) is 48.0 Å². The van der Waals surface area contributed by atoms with Crippen LogP contribution in [0.15, 0.2) is 79.3 Å². The summed E-state index contributed by atoms with van der Waals surface area (Å²) in [6, 6.07) is 16.5. The Morgan fingerprint density at radius 3 is 2.58 bits per heavy atom. The molecule has 2 aromatic heterocycles. The Labute approximate surface area is 211 Å². The third kappa shape index (κ3) is 4.96. The molecule has 0 saturated carbocycles. The van der Waals surface area contributed by atoms with Crippen LogP contribution in [0, 0.1) is 0 Å². The van der Waals surface area contributed by atoms with Crippen molar-refractivity contribution in [2.45, 2.75) is 19.0 Å². The number of halogens is 1. The molecule has 1 aliphatic heterocycles. The summed E-state index contributed by atoms with van der Waals surface area (Å²) in [6.45, 7) is 0.179. The first-order valence-corrected chi connectivity index (χ1v) is 11.6. The van der Waals surface area contributed by atoms with E-state index < -0.39 is 6.04 Å². The Hall–Kier alpha value is -4.50. The van der Waals surface area contributed by atoms with Crippen molar-refractivity contribution in [1.82, 2.24) is 19.9 Å². The number of benzene rings is 2. The lowest BCUT2D eigenvalue weighted by Crippen LogP contribution is -2.46. The van der Waals surface area contributed by atoms with Crippen LogP contribution in [-0.4, -0.2) is 43.6 Å². The summed E-state index contributed by atoms with van der Waals surface area (Å²) in [5.74, 6) is -0.775. The number of pyridine rings is 1. The molecule has 5 rings (SSSR count). The predicted octanol–water partition coefficient (Wildman–Crippen LogP) is 3.92. The Kier molecular flexibility index (Phi) is 6.46. The maximum absolute atomic E-state index is 13.6. The smallest absolute Gasteiger partial charge is 0.291 e. The van der Waals surface area contributed by atoms with Crippen LogP contribution in [0.5, 0.6) is 0 Å². The third-order valence-electron chi connectivity index (χ3n) is 5.82. The summed E-state index contributed by atoms with van der Waals surface area (Å²) in [4.78, 5) is 51.7. The van der Waals surface area contributed by atoms with E-state index in [0.717, 1.165) is 5.56 Å². The summed E-state index contributed by atoms with van der Waals surface area (Å²) >= 11 is 6.12. The van der Waals surface area contributed by atoms with Crippen molar-refractivity contribution < 1.29 is 14.4 Å². The predicted molar refractivity (Wildman–Crippen MR) is 135 cm³/mol. The molecule has 180 valence electrons. The van der Waals surface area contributed by atoms with Crippen LogP contribution in [0.25, 0.3) is 0 Å². The number of aromatic nitrogens is 3. The molecular weight excluding hydrogens is 480 g/mol. The number of rotatable bonds is 6. The number of amides is 3. The highest BCUT2D eigenvalue weighted by molar-refractivity contribution is 6.31. The zero-order valence-corrected chi connectivity index (χ0v) is 19.7. The fourth-order valence-electron chi connectivity index (χ4n) is 4.03. The molecule has 2 aromatic carbocycles. The van der Waals surface area contributed by atoms with E-state index in [1.54, 1.807) is 65.8 Å². The highest BCUT2D eigenvalue weighted by Gasteiger charge is 2.35. The average Bonchev–Trinajstić information content (AvgIpc) is 3.40. The van der Waals surface area contributed by atoms with Crippen molar-refractivity contribution in [2.24, 2.45) is 0 Å². The summed E-state index contributed by atoms with van der Waals surface area (Å²) in [6.07, 6.45) is 4.97. The molecule has 3 N–H and O–H groups in total. The van der Waals surface area contributed by atoms with E-state index >= 15 is 0 Å². The van der Waals surface area contributed by atoms with Crippen molar-refractivity contribution in [2.75, 3.05) is 10.6 Å². The first kappa shape index (κ1) is 23.3. The van der Waals surface area contributed by atoms with Crippen molar-refractivity contribution in [3.8, 4) is 0 Å². The summed E-state index contributed by atoms with van der Waals surface area (Å²) < 4.78 is 0. The van der Waals surface area contributed by atoms with Gasteiger partial charge < -0.3 is 20.5 Å². The van der Waals surface area contributed by atoms with Crippen LogP contribution in [0.2, 0.25) is 5.02 Å². The molecule has 0 saturated heterocycles. The largest absolute Gasteiger partial charge is 0.341 e. The van der Waals surface area contributed by atoms with Gasteiger partial charge in [0.1, 0.15) is 6.04 Å². The number of hydrogen-bond donors (Lipinski definition) is 3. The standard InChI is InChI=1S/C26H21ClN6O3/c27-17-6-9-20-21(13-17)32-24(34)22(14-19-3-1-2-10-28-19)33(26(20)36)15-16-4-7-18(8-5-16)31-25(35)23-29-11-12-30-23/h1-13,22H,14-15H2,(H,29,30)(H,31,35)(H,32,34)/t22-/m1/s1. The number of imidazole rings is 1. The van der Waals surface area contributed by atoms with Gasteiger partial charge in [0.2, 0.25) is 5.91 Å². The van der Waals surface area contributed by atoms with Gasteiger partial charge in [-0.25, -0.2) is 4.98 Å². The molecule has 0 spiro atoms. The summed E-state index contributed by atoms with van der Waals surface area (Å²) in [7, 11) is 0. The topological polar surface area (TPSA) is 120 Å². The van der Waals surface area contributed by atoms with E-state index in [9.17, 15) is 14.4 Å². The SMILES string of the molecule is O=C(Nc1ccc(CN2C(=O)c3ccc(Cl)cc3NC(=O)[C@H]2Cc2ccccn2)cc1)c1ncc[nH]1. The lowest BCUT2D eigenvalue weighted by atomic mass is 10.1. The number of H-pyrrole nitrogens is 1. The number of anilines is 2. The van der Waals surface area contributed by atoms with E-state index in [1.165, 1.54) is 6.20 Å². The van der Waals surface area contributed by atoms with Crippen LogP contribution >= 0.6 is 11.6 Å². The zero-order valence-electron chi connectivity index (χ0n) is 18.9. The van der Waals surface area contributed by atoms with Crippen LogP contribution < -0.4 is 10.6 Å². The molecule has 10 heteroatoms. The minimum absolute atomic E-state index is 0.179. The molecule has 4 aromatic rings. The van der Waals surface area contributed by atoms with Crippen LogP contribution in [0.3, 0.4) is 0 Å². The van der Waals surface area contributed by atoms with E-state index in [4.69, 9.17) is 11.6 Å². The van der Waals surface area contributed by atoms with Crippen LogP contribution in [0.4, 0.5) is 11.4 Å². The van der Waals surface area contributed by atoms with Gasteiger partial charge in [-0.15, -0.1) is 0 Å². The second-order valence-electron chi connectivity index (χ2n) is 8.24. The Bertz CT molecular complexity index is 1410. The maximum Gasteiger partial charge on any atom is 0.291 e. The third-order valence-corrected chi connectivity index (χ3v) is 6.05. The second-order valence-corrected chi connectivity index (χ2v) is 8.68. The molecule has 1 atom stereocenters. The van der Waals surface area contributed by atoms with Crippen molar-refractivity contribution in [1.29, 1.82) is 0 Å². The zero-order chi connectivity index (χ0) is 25.1. The molecule has 0 bridgehead atoms. The molecule has 0 radical (unpaired) electrons. The number of nitrogens with one attached hydrogen (secondary N) is 3. The molecular formula is C26H21ClN6O3. The summed E-state index contributed by atoms with van der Waals surface area (Å²) in [5, 5.41) is 6.04. The Morgan fingerprint density at radius 2 is 1.86 bits per heavy atom. The molecule has 36 heavy (non-hydrogen) atoms. The quantitative estimate of drug-likeness (QED) is 0.370. The van der Waals surface area contributed by atoms with Gasteiger partial charge in [0.15, 0.2) is 5.82 Å². The molecule has 3 heterocycles. The monoisotopic (exact) mass is 500 g/mol. The molecule has 0 aliphatic carbocycles. The van der Waals surface area contributed by atoms with Gasteiger partial charge in [-0.2, -0.15) is 0 Å². The maximum atomic E-state index is 13.6. The number of aromatic amines is 1. The number of carbonyl (C=O) groups excluding carboxylic acids is 3. The molecule has 9 nitrogen and oxygen atoms in total. The summed E-state index contributed by atoms with van der Waals surface area (Å²) in [5.41, 5.74) is 2.79. The lowest BCUT2D eigenvalue weighted by Gasteiger charge is -2.28. The number of hydrogen-bond acceptors (Lipinski definition) is 5. The van der Waals surface area contributed by atoms with E-state index in [-0.39, 0.29) is 36.5 Å². The van der Waals surface area contributed by atoms with E-state index in [0.29, 0.717) is 27.7 Å². The fourth-order valence-corrected chi connectivity index (χ4v) is 4.20.